The summed E-state index contributed by atoms with van der Waals surface area (Å²) in [7, 11) is 1.65. The Balaban J connectivity index is 1.31. The highest BCUT2D eigenvalue weighted by Crippen LogP contribution is 2.24. The van der Waals surface area contributed by atoms with E-state index in [1.54, 1.807) is 17.9 Å². The number of rotatable bonds is 8. The molecule has 0 saturated heterocycles. The number of halogens is 1. The van der Waals surface area contributed by atoms with Crippen molar-refractivity contribution in [2.45, 2.75) is 18.5 Å². The molecule has 0 radical (unpaired) electrons. The second-order valence-electron chi connectivity index (χ2n) is 6.92. The number of aromatic amines is 1. The molecule has 10 heteroatoms. The Labute approximate surface area is 188 Å². The van der Waals surface area contributed by atoms with Gasteiger partial charge in [-0.3, -0.25) is 4.79 Å². The van der Waals surface area contributed by atoms with E-state index in [1.807, 2.05) is 43.5 Å². The van der Waals surface area contributed by atoms with Crippen LogP contribution in [0.5, 0.6) is 5.75 Å². The lowest BCUT2D eigenvalue weighted by Gasteiger charge is -2.07. The zero-order valence-electron chi connectivity index (χ0n) is 17.1. The molecule has 0 bridgehead atoms. The summed E-state index contributed by atoms with van der Waals surface area (Å²) >= 11 is 7.47. The normalized spacial score (nSPS) is 11.1. The predicted octanol–water partition coefficient (Wildman–Crippen LogP) is 3.57. The van der Waals surface area contributed by atoms with Gasteiger partial charge in [-0.25, -0.2) is 0 Å². The average Bonchev–Trinajstić information content (AvgIpc) is 3.41. The van der Waals surface area contributed by atoms with E-state index in [0.29, 0.717) is 16.7 Å². The van der Waals surface area contributed by atoms with Gasteiger partial charge in [-0.2, -0.15) is 4.68 Å². The van der Waals surface area contributed by atoms with Gasteiger partial charge in [0.1, 0.15) is 5.75 Å². The van der Waals surface area contributed by atoms with Crippen molar-refractivity contribution in [2.75, 3.05) is 19.4 Å². The largest absolute Gasteiger partial charge is 0.497 e. The third-order valence-corrected chi connectivity index (χ3v) is 6.19. The molecule has 2 aromatic carbocycles. The number of hydrogen-bond donors (Lipinski definition) is 2. The number of hydrogen-bond acceptors (Lipinski definition) is 6. The molecular weight excluding hydrogens is 436 g/mol. The smallest absolute Gasteiger partial charge is 0.230 e. The zero-order chi connectivity index (χ0) is 21.8. The van der Waals surface area contributed by atoms with Crippen LogP contribution in [-0.4, -0.2) is 50.5 Å². The van der Waals surface area contributed by atoms with Crippen molar-refractivity contribution in [3.05, 3.63) is 58.7 Å². The van der Waals surface area contributed by atoms with E-state index in [-0.39, 0.29) is 11.7 Å². The SMILES string of the molecule is COc1ccc2c(CCNC(=O)CSc3nnnn3-c3ccc(C)c(Cl)c3)c[nH]c2c1. The maximum absolute atomic E-state index is 12.3. The van der Waals surface area contributed by atoms with Gasteiger partial charge in [-0.05, 0) is 59.2 Å². The van der Waals surface area contributed by atoms with Crippen LogP contribution >= 0.6 is 23.4 Å². The maximum atomic E-state index is 12.3. The summed E-state index contributed by atoms with van der Waals surface area (Å²) in [6.45, 7) is 2.47. The van der Waals surface area contributed by atoms with E-state index in [9.17, 15) is 4.79 Å². The number of tetrazole rings is 1. The van der Waals surface area contributed by atoms with Crippen molar-refractivity contribution >= 4 is 40.2 Å². The van der Waals surface area contributed by atoms with Gasteiger partial charge in [0.2, 0.25) is 11.1 Å². The Hall–Kier alpha value is -3.04. The van der Waals surface area contributed by atoms with Crippen LogP contribution in [0.15, 0.2) is 47.8 Å². The number of H-pyrrole nitrogens is 1. The fraction of sp³-hybridized carbons (Fsp3) is 0.238. The van der Waals surface area contributed by atoms with Gasteiger partial charge in [-0.1, -0.05) is 29.4 Å². The minimum absolute atomic E-state index is 0.0806. The van der Waals surface area contributed by atoms with Gasteiger partial charge in [-0.15, -0.1) is 5.10 Å². The number of ether oxygens (including phenoxy) is 1. The number of nitrogens with one attached hydrogen (secondary N) is 2. The molecule has 1 amide bonds. The number of aromatic nitrogens is 5. The van der Waals surface area contributed by atoms with Crippen LogP contribution in [0.3, 0.4) is 0 Å². The van der Waals surface area contributed by atoms with Crippen LogP contribution in [0.4, 0.5) is 0 Å². The number of amides is 1. The molecule has 0 fully saturated rings. The molecule has 160 valence electrons. The molecule has 8 nitrogen and oxygen atoms in total. The Morgan fingerprint density at radius 3 is 2.97 bits per heavy atom. The van der Waals surface area contributed by atoms with Gasteiger partial charge < -0.3 is 15.0 Å². The summed E-state index contributed by atoms with van der Waals surface area (Å²) < 4.78 is 6.82. The summed E-state index contributed by atoms with van der Waals surface area (Å²) in [4.78, 5) is 15.5. The lowest BCUT2D eigenvalue weighted by molar-refractivity contribution is -0.118. The van der Waals surface area contributed by atoms with E-state index in [0.717, 1.165) is 39.9 Å². The van der Waals surface area contributed by atoms with E-state index >= 15 is 0 Å². The van der Waals surface area contributed by atoms with Gasteiger partial charge >= 0.3 is 0 Å². The third-order valence-electron chi connectivity index (χ3n) is 4.86. The van der Waals surface area contributed by atoms with Crippen LogP contribution in [0.1, 0.15) is 11.1 Å². The van der Waals surface area contributed by atoms with Crippen molar-refractivity contribution < 1.29 is 9.53 Å². The number of aryl methyl sites for hydroxylation is 1. The second kappa shape index (κ2) is 9.40. The van der Waals surface area contributed by atoms with Crippen molar-refractivity contribution in [3.8, 4) is 11.4 Å². The number of carbonyl (C=O) groups is 1. The summed E-state index contributed by atoms with van der Waals surface area (Å²) in [5.74, 6) is 0.940. The molecular formula is C21H21ClN6O2S. The molecule has 2 aromatic heterocycles. The van der Waals surface area contributed by atoms with Gasteiger partial charge in [0, 0.05) is 34.7 Å². The Morgan fingerprint density at radius 1 is 1.29 bits per heavy atom. The molecule has 4 rings (SSSR count). The maximum Gasteiger partial charge on any atom is 0.230 e. The first kappa shape index (κ1) is 21.2. The lowest BCUT2D eigenvalue weighted by Crippen LogP contribution is -2.27. The highest BCUT2D eigenvalue weighted by molar-refractivity contribution is 7.99. The number of thioether (sulfide) groups is 1. The molecule has 0 aliphatic heterocycles. The number of fused-ring (bicyclic) bond motifs is 1. The Bertz CT molecular complexity index is 1220. The highest BCUT2D eigenvalue weighted by atomic mass is 35.5. The fourth-order valence-electron chi connectivity index (χ4n) is 3.16. The van der Waals surface area contributed by atoms with Crippen LogP contribution in [0, 0.1) is 6.92 Å². The van der Waals surface area contributed by atoms with Crippen molar-refractivity contribution in [1.29, 1.82) is 0 Å². The van der Waals surface area contributed by atoms with E-state index in [2.05, 4.69) is 25.8 Å². The number of nitrogens with zero attached hydrogens (tertiary/aromatic N) is 4. The predicted molar refractivity (Wildman–Crippen MR) is 121 cm³/mol. The standard InChI is InChI=1S/C21H21ClN6O2S/c1-13-3-4-15(9-18(13)22)28-21(25-26-27-28)31-12-20(29)23-8-7-14-11-24-19-10-16(30-2)5-6-17(14)19/h3-6,9-11,24H,7-8,12H2,1-2H3,(H,23,29). The molecule has 0 unspecified atom stereocenters. The minimum atomic E-state index is -0.0806. The van der Waals surface area contributed by atoms with Crippen LogP contribution in [0.25, 0.3) is 16.6 Å². The first-order valence-electron chi connectivity index (χ1n) is 9.63. The second-order valence-corrected chi connectivity index (χ2v) is 8.27. The lowest BCUT2D eigenvalue weighted by atomic mass is 10.1. The molecule has 0 saturated carbocycles. The summed E-state index contributed by atoms with van der Waals surface area (Å²) in [6.07, 6.45) is 2.69. The zero-order valence-corrected chi connectivity index (χ0v) is 18.6. The number of carbonyl (C=O) groups excluding carboxylic acids is 1. The first-order chi connectivity index (χ1) is 15.0. The topological polar surface area (TPSA) is 97.7 Å². The summed E-state index contributed by atoms with van der Waals surface area (Å²) in [5.41, 5.74) is 3.88. The quantitative estimate of drug-likeness (QED) is 0.393. The summed E-state index contributed by atoms with van der Waals surface area (Å²) in [5, 5.41) is 17.0. The van der Waals surface area contributed by atoms with Crippen LogP contribution < -0.4 is 10.1 Å². The third kappa shape index (κ3) is 4.83. The monoisotopic (exact) mass is 456 g/mol. The molecule has 0 aliphatic rings. The molecule has 2 N–H and O–H groups in total. The minimum Gasteiger partial charge on any atom is -0.497 e. The van der Waals surface area contributed by atoms with E-state index in [4.69, 9.17) is 16.3 Å². The molecule has 4 aromatic rings. The number of methoxy groups -OCH3 is 1. The van der Waals surface area contributed by atoms with Crippen molar-refractivity contribution in [2.24, 2.45) is 0 Å². The molecule has 0 aliphatic carbocycles. The van der Waals surface area contributed by atoms with Gasteiger partial charge in [0.05, 0.1) is 18.6 Å². The van der Waals surface area contributed by atoms with Crippen molar-refractivity contribution in [3.63, 3.8) is 0 Å². The van der Waals surface area contributed by atoms with Gasteiger partial charge in [0.15, 0.2) is 0 Å². The average molecular weight is 457 g/mol. The van der Waals surface area contributed by atoms with E-state index < -0.39 is 0 Å². The fourth-order valence-corrected chi connectivity index (χ4v) is 4.06. The molecule has 0 spiro atoms. The Morgan fingerprint density at radius 2 is 2.16 bits per heavy atom. The molecule has 31 heavy (non-hydrogen) atoms. The van der Waals surface area contributed by atoms with Crippen molar-refractivity contribution in [1.82, 2.24) is 30.5 Å². The molecule has 0 atom stereocenters. The van der Waals surface area contributed by atoms with Crippen LogP contribution in [-0.2, 0) is 11.2 Å². The molecule has 2 heterocycles. The van der Waals surface area contributed by atoms with Gasteiger partial charge in [0.25, 0.3) is 0 Å². The highest BCUT2D eigenvalue weighted by Gasteiger charge is 2.13. The first-order valence-corrected chi connectivity index (χ1v) is 11.0. The Kier molecular flexibility index (Phi) is 6.43. The summed E-state index contributed by atoms with van der Waals surface area (Å²) in [6, 6.07) is 11.5. The van der Waals surface area contributed by atoms with Crippen LogP contribution in [0.2, 0.25) is 5.02 Å². The van der Waals surface area contributed by atoms with E-state index in [1.165, 1.54) is 11.8 Å². The number of benzene rings is 2.